The van der Waals surface area contributed by atoms with Crippen molar-refractivity contribution in [2.75, 3.05) is 38.6 Å². The van der Waals surface area contributed by atoms with Crippen molar-refractivity contribution in [1.82, 2.24) is 19.2 Å². The number of fused-ring (bicyclic) bond motifs is 1. The highest BCUT2D eigenvalue weighted by Gasteiger charge is 2.31. The fraction of sp³-hybridized carbons (Fsp3) is 0.259. The van der Waals surface area contributed by atoms with E-state index in [4.69, 9.17) is 26.3 Å². The van der Waals surface area contributed by atoms with Crippen LogP contribution in [0.25, 0.3) is 10.9 Å². The van der Waals surface area contributed by atoms with Crippen molar-refractivity contribution in [1.29, 1.82) is 0 Å². The molecule has 0 radical (unpaired) electrons. The number of anilines is 2. The minimum atomic E-state index is -3.57. The molecule has 1 fully saturated rings. The first kappa shape index (κ1) is 25.4. The number of para-hydroxylation sites is 3. The van der Waals surface area contributed by atoms with Gasteiger partial charge in [-0.2, -0.15) is 4.31 Å². The molecular formula is C27H28ClN5O3S. The Kier molecular flexibility index (Phi) is 7.30. The van der Waals surface area contributed by atoms with Gasteiger partial charge in [0.15, 0.2) is 0 Å². The Hall–Kier alpha value is -3.24. The summed E-state index contributed by atoms with van der Waals surface area (Å²) in [5.41, 5.74) is 1.65. The van der Waals surface area contributed by atoms with Crippen molar-refractivity contribution in [3.05, 3.63) is 83.6 Å². The van der Waals surface area contributed by atoms with Gasteiger partial charge < -0.3 is 10.1 Å². The Morgan fingerprint density at radius 3 is 2.32 bits per heavy atom. The fourth-order valence-corrected chi connectivity index (χ4v) is 6.05. The zero-order valence-corrected chi connectivity index (χ0v) is 22.2. The van der Waals surface area contributed by atoms with Gasteiger partial charge in [-0.3, -0.25) is 4.90 Å². The number of benzene rings is 3. The topological polar surface area (TPSA) is 87.7 Å². The summed E-state index contributed by atoms with van der Waals surface area (Å²) >= 11 is 5.93. The third kappa shape index (κ3) is 5.26. The van der Waals surface area contributed by atoms with E-state index in [2.05, 4.69) is 17.1 Å². The molecule has 0 spiro atoms. The van der Waals surface area contributed by atoms with Gasteiger partial charge in [-0.1, -0.05) is 35.9 Å². The summed E-state index contributed by atoms with van der Waals surface area (Å²) in [5.74, 6) is 2.09. The number of ether oxygens (including phenoxy) is 1. The highest BCUT2D eigenvalue weighted by Crippen LogP contribution is 2.31. The SMILES string of the molecule is COc1ccccc1Nc1nc([C@H](C)N2CCN(S(=O)(=O)c3ccc(Cl)cc3)CC2)nc2ccccc12. The van der Waals surface area contributed by atoms with E-state index in [1.54, 1.807) is 31.4 Å². The molecule has 192 valence electrons. The molecule has 37 heavy (non-hydrogen) atoms. The van der Waals surface area contributed by atoms with Crippen LogP contribution in [-0.4, -0.2) is 60.9 Å². The number of rotatable bonds is 7. The van der Waals surface area contributed by atoms with Crippen LogP contribution in [0.2, 0.25) is 5.02 Å². The molecule has 2 heterocycles. The van der Waals surface area contributed by atoms with E-state index in [9.17, 15) is 8.42 Å². The highest BCUT2D eigenvalue weighted by molar-refractivity contribution is 7.89. The predicted octanol–water partition coefficient (Wildman–Crippen LogP) is 5.10. The molecule has 0 aliphatic carbocycles. The van der Waals surface area contributed by atoms with Crippen LogP contribution in [0.5, 0.6) is 5.75 Å². The van der Waals surface area contributed by atoms with Crippen LogP contribution in [0.1, 0.15) is 18.8 Å². The van der Waals surface area contributed by atoms with Crippen LogP contribution in [0.3, 0.4) is 0 Å². The monoisotopic (exact) mass is 537 g/mol. The van der Waals surface area contributed by atoms with E-state index >= 15 is 0 Å². The van der Waals surface area contributed by atoms with Gasteiger partial charge in [0.1, 0.15) is 17.4 Å². The van der Waals surface area contributed by atoms with E-state index in [0.29, 0.717) is 42.8 Å². The summed E-state index contributed by atoms with van der Waals surface area (Å²) in [6, 6.07) is 21.8. The molecule has 5 rings (SSSR count). The molecule has 1 aliphatic heterocycles. The van der Waals surface area contributed by atoms with Crippen molar-refractivity contribution in [2.24, 2.45) is 0 Å². The predicted molar refractivity (Wildman–Crippen MR) is 146 cm³/mol. The van der Waals surface area contributed by atoms with Gasteiger partial charge in [0, 0.05) is 36.6 Å². The quantitative estimate of drug-likeness (QED) is 0.351. The van der Waals surface area contributed by atoms with Gasteiger partial charge in [-0.25, -0.2) is 18.4 Å². The second kappa shape index (κ2) is 10.6. The second-order valence-electron chi connectivity index (χ2n) is 8.84. The average Bonchev–Trinajstić information content (AvgIpc) is 2.93. The van der Waals surface area contributed by atoms with Gasteiger partial charge in [0.2, 0.25) is 10.0 Å². The van der Waals surface area contributed by atoms with Crippen LogP contribution < -0.4 is 10.1 Å². The maximum Gasteiger partial charge on any atom is 0.243 e. The third-order valence-corrected chi connectivity index (χ3v) is 8.79. The molecule has 0 unspecified atom stereocenters. The van der Waals surface area contributed by atoms with Crippen LogP contribution in [0.15, 0.2) is 77.7 Å². The van der Waals surface area contributed by atoms with E-state index in [1.807, 2.05) is 48.5 Å². The smallest absolute Gasteiger partial charge is 0.243 e. The molecular weight excluding hydrogens is 510 g/mol. The van der Waals surface area contributed by atoms with Gasteiger partial charge >= 0.3 is 0 Å². The Balaban J connectivity index is 1.37. The largest absolute Gasteiger partial charge is 0.495 e. The number of piperazine rings is 1. The fourth-order valence-electron chi connectivity index (χ4n) is 4.50. The van der Waals surface area contributed by atoms with Crippen molar-refractivity contribution in [3.8, 4) is 5.75 Å². The lowest BCUT2D eigenvalue weighted by atomic mass is 10.2. The Morgan fingerprint density at radius 2 is 1.59 bits per heavy atom. The minimum Gasteiger partial charge on any atom is -0.495 e. The Morgan fingerprint density at radius 1 is 0.919 bits per heavy atom. The number of nitrogens with one attached hydrogen (secondary N) is 1. The normalized spacial score (nSPS) is 16.0. The first-order valence-electron chi connectivity index (χ1n) is 12.0. The molecule has 10 heteroatoms. The first-order valence-corrected chi connectivity index (χ1v) is 13.8. The lowest BCUT2D eigenvalue weighted by molar-refractivity contribution is 0.141. The number of methoxy groups -OCH3 is 1. The van der Waals surface area contributed by atoms with Gasteiger partial charge in [0.25, 0.3) is 0 Å². The standard InChI is InChI=1S/C27H28ClN5O3S/c1-19(32-15-17-33(18-16-32)37(34,35)21-13-11-20(28)12-14-21)26-29-23-8-4-3-7-22(23)27(31-26)30-24-9-5-6-10-25(24)36-2/h3-14,19H,15-18H2,1-2H3,(H,29,30,31)/t19-/m0/s1. The lowest BCUT2D eigenvalue weighted by Gasteiger charge is -2.36. The highest BCUT2D eigenvalue weighted by atomic mass is 35.5. The Bertz CT molecular complexity index is 1510. The summed E-state index contributed by atoms with van der Waals surface area (Å²) in [4.78, 5) is 12.2. The molecule has 8 nitrogen and oxygen atoms in total. The van der Waals surface area contributed by atoms with E-state index in [0.717, 1.165) is 22.3 Å². The molecule has 0 bridgehead atoms. The molecule has 4 aromatic rings. The Labute approximate surface area is 221 Å². The molecule has 1 aliphatic rings. The van der Waals surface area contributed by atoms with E-state index < -0.39 is 10.0 Å². The molecule has 0 saturated carbocycles. The van der Waals surface area contributed by atoms with Gasteiger partial charge in [-0.15, -0.1) is 0 Å². The lowest BCUT2D eigenvalue weighted by Crippen LogP contribution is -2.49. The van der Waals surface area contributed by atoms with Crippen LogP contribution >= 0.6 is 11.6 Å². The summed E-state index contributed by atoms with van der Waals surface area (Å²) in [6.45, 7) is 3.96. The zero-order valence-electron chi connectivity index (χ0n) is 20.6. The third-order valence-electron chi connectivity index (χ3n) is 6.63. The molecule has 1 aromatic heterocycles. The van der Waals surface area contributed by atoms with E-state index in [-0.39, 0.29) is 10.9 Å². The van der Waals surface area contributed by atoms with Crippen molar-refractivity contribution in [2.45, 2.75) is 17.9 Å². The molecule has 1 saturated heterocycles. The van der Waals surface area contributed by atoms with Gasteiger partial charge in [-0.05, 0) is 55.5 Å². The first-order chi connectivity index (χ1) is 17.9. The number of hydrogen-bond acceptors (Lipinski definition) is 7. The van der Waals surface area contributed by atoms with Crippen molar-refractivity contribution < 1.29 is 13.2 Å². The number of sulfonamides is 1. The summed E-state index contributed by atoms with van der Waals surface area (Å²) in [7, 11) is -1.94. The molecule has 0 amide bonds. The van der Waals surface area contributed by atoms with Crippen LogP contribution in [-0.2, 0) is 10.0 Å². The van der Waals surface area contributed by atoms with Gasteiger partial charge in [0.05, 0.1) is 29.3 Å². The maximum absolute atomic E-state index is 13.1. The summed E-state index contributed by atoms with van der Waals surface area (Å²) in [5, 5.41) is 4.83. The van der Waals surface area contributed by atoms with Crippen molar-refractivity contribution >= 4 is 44.0 Å². The number of aromatic nitrogens is 2. The maximum atomic E-state index is 13.1. The van der Waals surface area contributed by atoms with Crippen LogP contribution in [0.4, 0.5) is 11.5 Å². The number of nitrogens with zero attached hydrogens (tertiary/aromatic N) is 4. The number of hydrogen-bond donors (Lipinski definition) is 1. The van der Waals surface area contributed by atoms with Crippen LogP contribution in [0, 0.1) is 0 Å². The molecule has 1 atom stereocenters. The minimum absolute atomic E-state index is 0.108. The summed E-state index contributed by atoms with van der Waals surface area (Å²) in [6.07, 6.45) is 0. The van der Waals surface area contributed by atoms with Crippen molar-refractivity contribution in [3.63, 3.8) is 0 Å². The second-order valence-corrected chi connectivity index (χ2v) is 11.2. The summed E-state index contributed by atoms with van der Waals surface area (Å²) < 4.78 is 33.2. The number of halogens is 1. The van der Waals surface area contributed by atoms with E-state index in [1.165, 1.54) is 4.31 Å². The average molecular weight is 538 g/mol. The zero-order chi connectivity index (χ0) is 26.0. The molecule has 3 aromatic carbocycles. The molecule has 1 N–H and O–H groups in total.